The minimum absolute atomic E-state index is 0.197. The van der Waals surface area contributed by atoms with Gasteiger partial charge < -0.3 is 10.2 Å². The number of halogens is 1. The third kappa shape index (κ3) is 2.94. The van der Waals surface area contributed by atoms with Gasteiger partial charge >= 0.3 is 0 Å². The van der Waals surface area contributed by atoms with Gasteiger partial charge in [-0.25, -0.2) is 4.39 Å². The normalized spacial score (nSPS) is 22.6. The molecule has 1 aromatic carbocycles. The lowest BCUT2D eigenvalue weighted by Crippen LogP contribution is -2.37. The highest BCUT2D eigenvalue weighted by Gasteiger charge is 2.27. The maximum Gasteiger partial charge on any atom is 0.223 e. The highest BCUT2D eigenvalue weighted by molar-refractivity contribution is 5.79. The smallest absolute Gasteiger partial charge is 0.223 e. The molecule has 1 heterocycles. The summed E-state index contributed by atoms with van der Waals surface area (Å²) in [6, 6.07) is 6.65. The molecule has 1 aliphatic carbocycles. The Balaban J connectivity index is 1.46. The number of benzene rings is 1. The van der Waals surface area contributed by atoms with Crippen molar-refractivity contribution < 1.29 is 9.18 Å². The molecule has 1 unspecified atom stereocenters. The number of nitrogens with one attached hydrogen (secondary N) is 1. The number of carbonyl (C=O) groups is 1. The fourth-order valence-corrected chi connectivity index (χ4v) is 2.95. The fourth-order valence-electron chi connectivity index (χ4n) is 2.95. The number of anilines is 1. The fraction of sp³-hybridized carbons (Fsp3) is 0.562. The molecule has 1 atom stereocenters. The molecule has 1 saturated carbocycles. The van der Waals surface area contributed by atoms with E-state index in [0.29, 0.717) is 5.92 Å². The lowest BCUT2D eigenvalue weighted by Gasteiger charge is -2.25. The van der Waals surface area contributed by atoms with E-state index in [2.05, 4.69) is 10.2 Å². The van der Waals surface area contributed by atoms with Crippen LogP contribution in [0, 0.1) is 17.7 Å². The van der Waals surface area contributed by atoms with E-state index < -0.39 is 0 Å². The van der Waals surface area contributed by atoms with E-state index in [-0.39, 0.29) is 17.6 Å². The topological polar surface area (TPSA) is 32.3 Å². The van der Waals surface area contributed by atoms with Gasteiger partial charge in [-0.05, 0) is 49.4 Å². The van der Waals surface area contributed by atoms with E-state index in [1.807, 2.05) is 12.1 Å². The Morgan fingerprint density at radius 2 is 2.00 bits per heavy atom. The van der Waals surface area contributed by atoms with Gasteiger partial charge in [-0.15, -0.1) is 0 Å². The molecular weight excluding hydrogens is 255 g/mol. The van der Waals surface area contributed by atoms with Gasteiger partial charge in [-0.3, -0.25) is 4.79 Å². The van der Waals surface area contributed by atoms with Crippen LogP contribution in [-0.2, 0) is 4.79 Å². The number of amides is 1. The molecule has 0 spiro atoms. The Morgan fingerprint density at radius 3 is 2.65 bits per heavy atom. The molecule has 0 aromatic heterocycles. The molecule has 2 aliphatic rings. The number of rotatable bonds is 4. The standard InChI is InChI=1S/C16H21FN2O/c17-14-4-6-15(7-5-14)19-9-8-12(11-19)10-18-16(20)13-2-1-3-13/h4-7,12-13H,1-3,8-11H2,(H,18,20). The molecule has 4 heteroatoms. The summed E-state index contributed by atoms with van der Waals surface area (Å²) in [4.78, 5) is 14.1. The van der Waals surface area contributed by atoms with Crippen LogP contribution in [0.25, 0.3) is 0 Å². The Morgan fingerprint density at radius 1 is 1.25 bits per heavy atom. The monoisotopic (exact) mass is 276 g/mol. The molecule has 108 valence electrons. The second-order valence-corrected chi connectivity index (χ2v) is 5.95. The maximum atomic E-state index is 12.9. The van der Waals surface area contributed by atoms with Crippen LogP contribution in [-0.4, -0.2) is 25.5 Å². The second-order valence-electron chi connectivity index (χ2n) is 5.95. The summed E-state index contributed by atoms with van der Waals surface area (Å²) in [6.45, 7) is 2.69. The Bertz CT molecular complexity index is 470. The molecule has 2 fully saturated rings. The van der Waals surface area contributed by atoms with Crippen molar-refractivity contribution in [2.24, 2.45) is 11.8 Å². The zero-order valence-electron chi connectivity index (χ0n) is 11.6. The number of nitrogens with zero attached hydrogens (tertiary/aromatic N) is 1. The molecule has 1 amide bonds. The van der Waals surface area contributed by atoms with Gasteiger partial charge in [-0.2, -0.15) is 0 Å². The van der Waals surface area contributed by atoms with Crippen LogP contribution >= 0.6 is 0 Å². The lowest BCUT2D eigenvalue weighted by molar-refractivity contribution is -0.127. The first-order valence-corrected chi connectivity index (χ1v) is 7.50. The molecule has 1 aromatic rings. The van der Waals surface area contributed by atoms with Crippen molar-refractivity contribution in [2.45, 2.75) is 25.7 Å². The summed E-state index contributed by atoms with van der Waals surface area (Å²) in [7, 11) is 0. The lowest BCUT2D eigenvalue weighted by atomic mass is 9.85. The highest BCUT2D eigenvalue weighted by Crippen LogP contribution is 2.27. The van der Waals surface area contributed by atoms with E-state index in [1.165, 1.54) is 18.6 Å². The van der Waals surface area contributed by atoms with E-state index >= 15 is 0 Å². The quantitative estimate of drug-likeness (QED) is 0.916. The number of hydrogen-bond donors (Lipinski definition) is 1. The first kappa shape index (κ1) is 13.4. The minimum atomic E-state index is -0.197. The summed E-state index contributed by atoms with van der Waals surface area (Å²) in [5, 5.41) is 3.08. The van der Waals surface area contributed by atoms with Gasteiger partial charge in [-0.1, -0.05) is 6.42 Å². The molecule has 3 nitrogen and oxygen atoms in total. The van der Waals surface area contributed by atoms with Gasteiger partial charge in [0.1, 0.15) is 5.82 Å². The minimum Gasteiger partial charge on any atom is -0.371 e. The highest BCUT2D eigenvalue weighted by atomic mass is 19.1. The van der Waals surface area contributed by atoms with E-state index in [1.54, 1.807) is 0 Å². The molecule has 20 heavy (non-hydrogen) atoms. The molecule has 0 bridgehead atoms. The SMILES string of the molecule is O=C(NCC1CCN(c2ccc(F)cc2)C1)C1CCC1. The van der Waals surface area contributed by atoms with Gasteiger partial charge in [0.05, 0.1) is 0 Å². The van der Waals surface area contributed by atoms with Crippen molar-refractivity contribution in [3.8, 4) is 0 Å². The largest absolute Gasteiger partial charge is 0.371 e. The van der Waals surface area contributed by atoms with Crippen LogP contribution in [0.1, 0.15) is 25.7 Å². The zero-order chi connectivity index (χ0) is 13.9. The van der Waals surface area contributed by atoms with Crippen LogP contribution in [0.15, 0.2) is 24.3 Å². The van der Waals surface area contributed by atoms with Crippen LogP contribution < -0.4 is 10.2 Å². The average molecular weight is 276 g/mol. The summed E-state index contributed by atoms with van der Waals surface area (Å²) in [6.07, 6.45) is 4.39. The summed E-state index contributed by atoms with van der Waals surface area (Å²) in [5.41, 5.74) is 1.07. The Labute approximate surface area is 119 Å². The van der Waals surface area contributed by atoms with Crippen molar-refractivity contribution in [3.63, 3.8) is 0 Å². The molecule has 1 N–H and O–H groups in total. The molecule has 1 saturated heterocycles. The first-order valence-electron chi connectivity index (χ1n) is 7.50. The Hall–Kier alpha value is -1.58. The third-order valence-corrected chi connectivity index (χ3v) is 4.52. The summed E-state index contributed by atoms with van der Waals surface area (Å²) >= 11 is 0. The molecular formula is C16H21FN2O. The maximum absolute atomic E-state index is 12.9. The summed E-state index contributed by atoms with van der Waals surface area (Å²) in [5.74, 6) is 0.808. The number of carbonyl (C=O) groups excluding carboxylic acids is 1. The van der Waals surface area contributed by atoms with Crippen molar-refractivity contribution in [1.29, 1.82) is 0 Å². The number of hydrogen-bond acceptors (Lipinski definition) is 2. The van der Waals surface area contributed by atoms with Gasteiger partial charge in [0.2, 0.25) is 5.91 Å². The van der Waals surface area contributed by atoms with Gasteiger partial charge in [0, 0.05) is 31.2 Å². The van der Waals surface area contributed by atoms with E-state index in [4.69, 9.17) is 0 Å². The summed E-state index contributed by atoms with van der Waals surface area (Å²) < 4.78 is 12.9. The van der Waals surface area contributed by atoms with Crippen LogP contribution in [0.5, 0.6) is 0 Å². The van der Waals surface area contributed by atoms with Gasteiger partial charge in [0.25, 0.3) is 0 Å². The predicted molar refractivity (Wildman–Crippen MR) is 77.1 cm³/mol. The first-order chi connectivity index (χ1) is 9.72. The van der Waals surface area contributed by atoms with Crippen molar-refractivity contribution in [3.05, 3.63) is 30.1 Å². The zero-order valence-corrected chi connectivity index (χ0v) is 11.6. The van der Waals surface area contributed by atoms with E-state index in [9.17, 15) is 9.18 Å². The third-order valence-electron chi connectivity index (χ3n) is 4.52. The van der Waals surface area contributed by atoms with Crippen LogP contribution in [0.3, 0.4) is 0 Å². The second kappa shape index (κ2) is 5.81. The average Bonchev–Trinajstić information content (AvgIpc) is 2.84. The molecule has 3 rings (SSSR count). The van der Waals surface area contributed by atoms with Crippen LogP contribution in [0.4, 0.5) is 10.1 Å². The molecule has 0 radical (unpaired) electrons. The predicted octanol–water partition coefficient (Wildman–Crippen LogP) is 2.57. The molecule has 1 aliphatic heterocycles. The van der Waals surface area contributed by atoms with E-state index in [0.717, 1.165) is 44.6 Å². The van der Waals surface area contributed by atoms with Crippen molar-refractivity contribution in [1.82, 2.24) is 5.32 Å². The Kier molecular flexibility index (Phi) is 3.90. The van der Waals surface area contributed by atoms with Crippen molar-refractivity contribution >= 4 is 11.6 Å². The van der Waals surface area contributed by atoms with Crippen LogP contribution in [0.2, 0.25) is 0 Å². The van der Waals surface area contributed by atoms with Crippen molar-refractivity contribution in [2.75, 3.05) is 24.5 Å². The van der Waals surface area contributed by atoms with Gasteiger partial charge in [0.15, 0.2) is 0 Å².